The molecular weight excluding hydrogens is 296 g/mol. The Morgan fingerprint density at radius 3 is 3.05 bits per heavy atom. The zero-order chi connectivity index (χ0) is 15.5. The highest BCUT2D eigenvalue weighted by Crippen LogP contribution is 2.34. The molecule has 2 aromatic rings. The molecule has 4 nitrogen and oxygen atoms in total. The Morgan fingerprint density at radius 2 is 2.23 bits per heavy atom. The molecule has 5 heteroatoms. The van der Waals surface area contributed by atoms with Crippen LogP contribution < -0.4 is 4.90 Å². The van der Waals surface area contributed by atoms with Crippen molar-refractivity contribution in [1.82, 2.24) is 4.98 Å². The van der Waals surface area contributed by atoms with E-state index >= 15 is 0 Å². The van der Waals surface area contributed by atoms with Gasteiger partial charge in [-0.15, -0.1) is 11.8 Å². The van der Waals surface area contributed by atoms with Crippen LogP contribution in [0.2, 0.25) is 0 Å². The van der Waals surface area contributed by atoms with E-state index in [4.69, 9.17) is 0 Å². The van der Waals surface area contributed by atoms with E-state index in [1.165, 1.54) is 16.7 Å². The standard InChI is InChI=1S/C17H18N2O2S/c1-12-3-4-15-16(7-12)22-6-2-5-19(15)17(21)9-13-8-14(20)11-18-10-13/h3-4,7-8,10-11,20H,2,5-6,9H2,1H3. The van der Waals surface area contributed by atoms with Gasteiger partial charge in [0.05, 0.1) is 18.3 Å². The van der Waals surface area contributed by atoms with E-state index in [9.17, 15) is 9.90 Å². The maximum Gasteiger partial charge on any atom is 0.231 e. The summed E-state index contributed by atoms with van der Waals surface area (Å²) in [7, 11) is 0. The molecule has 1 aliphatic heterocycles. The first-order valence-corrected chi connectivity index (χ1v) is 8.29. The molecule has 114 valence electrons. The smallest absolute Gasteiger partial charge is 0.231 e. The van der Waals surface area contributed by atoms with Crippen molar-refractivity contribution in [1.29, 1.82) is 0 Å². The number of anilines is 1. The number of aryl methyl sites for hydroxylation is 1. The maximum absolute atomic E-state index is 12.7. The molecule has 1 aromatic carbocycles. The molecule has 1 aromatic heterocycles. The summed E-state index contributed by atoms with van der Waals surface area (Å²) >= 11 is 1.81. The van der Waals surface area contributed by atoms with E-state index in [0.717, 1.165) is 30.0 Å². The number of rotatable bonds is 2. The van der Waals surface area contributed by atoms with E-state index in [-0.39, 0.29) is 18.1 Å². The Bertz CT molecular complexity index is 703. The van der Waals surface area contributed by atoms with Crippen molar-refractivity contribution in [3.63, 3.8) is 0 Å². The summed E-state index contributed by atoms with van der Waals surface area (Å²) in [6, 6.07) is 7.80. The fraction of sp³-hybridized carbons (Fsp3) is 0.294. The zero-order valence-electron chi connectivity index (χ0n) is 12.5. The number of pyridine rings is 1. The van der Waals surface area contributed by atoms with Gasteiger partial charge < -0.3 is 10.0 Å². The molecule has 1 aliphatic rings. The summed E-state index contributed by atoms with van der Waals surface area (Å²) in [5.74, 6) is 1.15. The van der Waals surface area contributed by atoms with Crippen LogP contribution in [0.4, 0.5) is 5.69 Å². The minimum atomic E-state index is 0.0417. The van der Waals surface area contributed by atoms with Crippen molar-refractivity contribution in [3.8, 4) is 5.75 Å². The number of amides is 1. The van der Waals surface area contributed by atoms with E-state index in [1.807, 2.05) is 28.8 Å². The number of fused-ring (bicyclic) bond motifs is 1. The second kappa shape index (κ2) is 6.40. The molecular formula is C17H18N2O2S. The molecule has 0 unspecified atom stereocenters. The molecule has 0 saturated carbocycles. The summed E-state index contributed by atoms with van der Waals surface area (Å²) in [5, 5.41) is 9.48. The van der Waals surface area contributed by atoms with Crippen molar-refractivity contribution in [3.05, 3.63) is 47.8 Å². The number of thioether (sulfide) groups is 1. The third kappa shape index (κ3) is 3.25. The second-order valence-electron chi connectivity index (χ2n) is 5.45. The molecule has 3 rings (SSSR count). The number of benzene rings is 1. The van der Waals surface area contributed by atoms with Gasteiger partial charge in [0, 0.05) is 17.6 Å². The number of carbonyl (C=O) groups excluding carboxylic acids is 1. The number of hydrogen-bond donors (Lipinski definition) is 1. The maximum atomic E-state index is 12.7. The fourth-order valence-corrected chi connectivity index (χ4v) is 3.67. The van der Waals surface area contributed by atoms with E-state index < -0.39 is 0 Å². The van der Waals surface area contributed by atoms with Crippen LogP contribution in [-0.4, -0.2) is 28.3 Å². The first-order chi connectivity index (χ1) is 10.6. The largest absolute Gasteiger partial charge is 0.506 e. The van der Waals surface area contributed by atoms with Crippen LogP contribution in [0.3, 0.4) is 0 Å². The van der Waals surface area contributed by atoms with Gasteiger partial charge in [-0.05, 0) is 48.4 Å². The second-order valence-corrected chi connectivity index (χ2v) is 6.58. The van der Waals surface area contributed by atoms with Crippen molar-refractivity contribution >= 4 is 23.4 Å². The van der Waals surface area contributed by atoms with Crippen LogP contribution in [0.1, 0.15) is 17.5 Å². The average molecular weight is 314 g/mol. The molecule has 0 bridgehead atoms. The molecule has 0 fully saturated rings. The van der Waals surface area contributed by atoms with Gasteiger partial charge in [-0.25, -0.2) is 0 Å². The molecule has 0 aliphatic carbocycles. The molecule has 2 heterocycles. The number of nitrogens with zero attached hydrogens (tertiary/aromatic N) is 2. The van der Waals surface area contributed by atoms with Crippen LogP contribution >= 0.6 is 11.8 Å². The van der Waals surface area contributed by atoms with Crippen molar-refractivity contribution < 1.29 is 9.90 Å². The van der Waals surface area contributed by atoms with Gasteiger partial charge >= 0.3 is 0 Å². The van der Waals surface area contributed by atoms with Crippen molar-refractivity contribution in [2.24, 2.45) is 0 Å². The SMILES string of the molecule is Cc1ccc2c(c1)SCCCN2C(=O)Cc1cncc(O)c1. The fourth-order valence-electron chi connectivity index (χ4n) is 2.58. The molecule has 0 spiro atoms. The minimum Gasteiger partial charge on any atom is -0.506 e. The van der Waals surface area contributed by atoms with Crippen LogP contribution in [0.5, 0.6) is 5.75 Å². The number of hydrogen-bond acceptors (Lipinski definition) is 4. The van der Waals surface area contributed by atoms with Gasteiger partial charge in [-0.1, -0.05) is 6.07 Å². The van der Waals surface area contributed by atoms with Gasteiger partial charge in [0.25, 0.3) is 0 Å². The average Bonchev–Trinajstić information content (AvgIpc) is 2.69. The number of carbonyl (C=O) groups is 1. The minimum absolute atomic E-state index is 0.0417. The van der Waals surface area contributed by atoms with E-state index in [2.05, 4.69) is 18.0 Å². The van der Waals surface area contributed by atoms with Gasteiger partial charge in [0.1, 0.15) is 5.75 Å². The number of aromatic nitrogens is 1. The summed E-state index contributed by atoms with van der Waals surface area (Å²) in [6.45, 7) is 2.80. The van der Waals surface area contributed by atoms with E-state index in [1.54, 1.807) is 12.3 Å². The first kappa shape index (κ1) is 14.9. The predicted octanol–water partition coefficient (Wildman–Crippen LogP) is 3.17. The van der Waals surface area contributed by atoms with E-state index in [0.29, 0.717) is 0 Å². The van der Waals surface area contributed by atoms with Crippen LogP contribution in [0, 0.1) is 6.92 Å². The van der Waals surface area contributed by atoms with Gasteiger partial charge in [0.15, 0.2) is 0 Å². The molecule has 0 radical (unpaired) electrons. The van der Waals surface area contributed by atoms with Gasteiger partial charge in [-0.2, -0.15) is 0 Å². The Balaban J connectivity index is 1.86. The predicted molar refractivity (Wildman–Crippen MR) is 88.5 cm³/mol. The quantitative estimate of drug-likeness (QED) is 0.925. The van der Waals surface area contributed by atoms with Crippen molar-refractivity contribution in [2.75, 3.05) is 17.2 Å². The van der Waals surface area contributed by atoms with Crippen LogP contribution in [0.25, 0.3) is 0 Å². The Hall–Kier alpha value is -2.01. The number of aromatic hydroxyl groups is 1. The van der Waals surface area contributed by atoms with Crippen LogP contribution in [-0.2, 0) is 11.2 Å². The molecule has 0 atom stereocenters. The topological polar surface area (TPSA) is 53.4 Å². The van der Waals surface area contributed by atoms with Gasteiger partial charge in [-0.3, -0.25) is 9.78 Å². The summed E-state index contributed by atoms with van der Waals surface area (Å²) < 4.78 is 0. The lowest BCUT2D eigenvalue weighted by atomic mass is 10.1. The third-order valence-corrected chi connectivity index (χ3v) is 4.76. The van der Waals surface area contributed by atoms with Crippen molar-refractivity contribution in [2.45, 2.75) is 24.7 Å². The highest BCUT2D eigenvalue weighted by atomic mass is 32.2. The summed E-state index contributed by atoms with van der Waals surface area (Å²) in [6.07, 6.45) is 4.22. The zero-order valence-corrected chi connectivity index (χ0v) is 13.3. The Labute approximate surface area is 134 Å². The third-order valence-electron chi connectivity index (χ3n) is 3.63. The highest BCUT2D eigenvalue weighted by Gasteiger charge is 2.21. The Kier molecular flexibility index (Phi) is 4.34. The molecule has 22 heavy (non-hydrogen) atoms. The van der Waals surface area contributed by atoms with Gasteiger partial charge in [0.2, 0.25) is 5.91 Å². The highest BCUT2D eigenvalue weighted by molar-refractivity contribution is 7.99. The molecule has 1 N–H and O–H groups in total. The lowest BCUT2D eigenvalue weighted by Crippen LogP contribution is -2.33. The summed E-state index contributed by atoms with van der Waals surface area (Å²) in [5.41, 5.74) is 2.93. The lowest BCUT2D eigenvalue weighted by molar-refractivity contribution is -0.118. The normalized spacial score (nSPS) is 14.3. The summed E-state index contributed by atoms with van der Waals surface area (Å²) in [4.78, 5) is 19.6. The lowest BCUT2D eigenvalue weighted by Gasteiger charge is -2.23. The Morgan fingerprint density at radius 1 is 1.36 bits per heavy atom. The molecule has 1 amide bonds. The molecule has 0 saturated heterocycles. The first-order valence-electron chi connectivity index (χ1n) is 7.30. The monoisotopic (exact) mass is 314 g/mol. The van der Waals surface area contributed by atoms with Crippen LogP contribution in [0.15, 0.2) is 41.6 Å².